The molecule has 0 saturated carbocycles. The minimum Gasteiger partial charge on any atom is -0.319 e. The standard InChI is InChI=1S/C22H25FN4O3/c1-11(2)10-27-19-18(21(29)26-22(27)30)14(9-17(24-19)12(3)4)20(28)25-16-7-6-13(5)8-15(16)23/h6-9,11-12H,10H2,1-5H3,(H,25,28)(H,26,29,30). The summed E-state index contributed by atoms with van der Waals surface area (Å²) in [6.07, 6.45) is 0. The number of nitrogens with one attached hydrogen (secondary N) is 2. The highest BCUT2D eigenvalue weighted by molar-refractivity contribution is 6.11. The van der Waals surface area contributed by atoms with Gasteiger partial charge in [-0.3, -0.25) is 19.1 Å². The molecular weight excluding hydrogens is 387 g/mol. The molecular formula is C22H25FN4O3. The lowest BCUT2D eigenvalue weighted by Gasteiger charge is -2.16. The third kappa shape index (κ3) is 4.17. The number of aromatic nitrogens is 3. The monoisotopic (exact) mass is 412 g/mol. The van der Waals surface area contributed by atoms with Gasteiger partial charge in [0.1, 0.15) is 5.82 Å². The number of benzene rings is 1. The second-order valence-electron chi connectivity index (χ2n) is 8.15. The first-order valence-electron chi connectivity index (χ1n) is 9.83. The molecule has 7 nitrogen and oxygen atoms in total. The number of nitrogens with zero attached hydrogens (tertiary/aromatic N) is 2. The summed E-state index contributed by atoms with van der Waals surface area (Å²) in [5, 5.41) is 2.54. The van der Waals surface area contributed by atoms with Crippen molar-refractivity contribution in [2.24, 2.45) is 5.92 Å². The molecule has 3 rings (SSSR count). The molecule has 1 amide bonds. The summed E-state index contributed by atoms with van der Waals surface area (Å²) in [5.74, 6) is -1.16. The molecule has 3 aromatic rings. The Morgan fingerprint density at radius 1 is 1.20 bits per heavy atom. The smallest absolute Gasteiger partial charge is 0.319 e. The van der Waals surface area contributed by atoms with Crippen LogP contribution in [-0.2, 0) is 6.54 Å². The zero-order chi connectivity index (χ0) is 22.2. The highest BCUT2D eigenvalue weighted by atomic mass is 19.1. The third-order valence-corrected chi connectivity index (χ3v) is 4.73. The maximum atomic E-state index is 14.2. The number of halogens is 1. The topological polar surface area (TPSA) is 96.8 Å². The Morgan fingerprint density at radius 2 is 1.90 bits per heavy atom. The summed E-state index contributed by atoms with van der Waals surface area (Å²) in [4.78, 5) is 44.9. The summed E-state index contributed by atoms with van der Waals surface area (Å²) < 4.78 is 15.6. The van der Waals surface area contributed by atoms with Crippen LogP contribution in [0.15, 0.2) is 33.9 Å². The Kier molecular flexibility index (Phi) is 5.87. The fraction of sp³-hybridized carbons (Fsp3) is 0.364. The Morgan fingerprint density at radius 3 is 2.50 bits per heavy atom. The van der Waals surface area contributed by atoms with E-state index in [1.54, 1.807) is 13.0 Å². The second-order valence-corrected chi connectivity index (χ2v) is 8.15. The summed E-state index contributed by atoms with van der Waals surface area (Å²) in [6, 6.07) is 5.98. The number of aromatic amines is 1. The molecule has 2 aromatic heterocycles. The lowest BCUT2D eigenvalue weighted by atomic mass is 10.0. The van der Waals surface area contributed by atoms with Crippen LogP contribution >= 0.6 is 0 Å². The molecule has 0 saturated heterocycles. The first kappa shape index (κ1) is 21.4. The number of hydrogen-bond acceptors (Lipinski definition) is 4. The highest BCUT2D eigenvalue weighted by Crippen LogP contribution is 2.22. The van der Waals surface area contributed by atoms with E-state index in [-0.39, 0.29) is 34.1 Å². The van der Waals surface area contributed by atoms with Gasteiger partial charge >= 0.3 is 5.69 Å². The minimum absolute atomic E-state index is 0.00432. The van der Waals surface area contributed by atoms with Gasteiger partial charge in [0, 0.05) is 12.2 Å². The molecule has 0 spiro atoms. The van der Waals surface area contributed by atoms with E-state index in [1.807, 2.05) is 27.7 Å². The number of fused-ring (bicyclic) bond motifs is 1. The van der Waals surface area contributed by atoms with Crippen molar-refractivity contribution in [3.8, 4) is 0 Å². The fourth-order valence-electron chi connectivity index (χ4n) is 3.21. The fourth-order valence-corrected chi connectivity index (χ4v) is 3.21. The van der Waals surface area contributed by atoms with E-state index < -0.39 is 23.0 Å². The molecule has 8 heteroatoms. The number of carbonyl (C=O) groups is 1. The molecule has 30 heavy (non-hydrogen) atoms. The Balaban J connectivity index is 2.26. The van der Waals surface area contributed by atoms with E-state index >= 15 is 0 Å². The third-order valence-electron chi connectivity index (χ3n) is 4.73. The van der Waals surface area contributed by atoms with E-state index in [9.17, 15) is 18.8 Å². The first-order chi connectivity index (χ1) is 14.1. The molecule has 0 radical (unpaired) electrons. The van der Waals surface area contributed by atoms with E-state index in [4.69, 9.17) is 0 Å². The normalized spacial score (nSPS) is 11.5. The van der Waals surface area contributed by atoms with E-state index in [0.29, 0.717) is 12.2 Å². The van der Waals surface area contributed by atoms with Gasteiger partial charge in [-0.2, -0.15) is 0 Å². The van der Waals surface area contributed by atoms with Gasteiger partial charge in [-0.25, -0.2) is 14.2 Å². The van der Waals surface area contributed by atoms with Gasteiger partial charge in [0.05, 0.1) is 16.6 Å². The highest BCUT2D eigenvalue weighted by Gasteiger charge is 2.21. The zero-order valence-corrected chi connectivity index (χ0v) is 17.7. The SMILES string of the molecule is Cc1ccc(NC(=O)c2cc(C(C)C)nc3c2c(=O)[nH]c(=O)n3CC(C)C)c(F)c1. The van der Waals surface area contributed by atoms with Gasteiger partial charge in [-0.1, -0.05) is 33.8 Å². The van der Waals surface area contributed by atoms with E-state index in [0.717, 1.165) is 5.56 Å². The Bertz CT molecular complexity index is 1240. The second kappa shape index (κ2) is 8.22. The molecule has 2 heterocycles. The van der Waals surface area contributed by atoms with Crippen LogP contribution in [0.2, 0.25) is 0 Å². The van der Waals surface area contributed by atoms with Crippen LogP contribution < -0.4 is 16.6 Å². The number of amides is 1. The average molecular weight is 412 g/mol. The lowest BCUT2D eigenvalue weighted by Crippen LogP contribution is -2.33. The van der Waals surface area contributed by atoms with Crippen molar-refractivity contribution in [1.29, 1.82) is 0 Å². The van der Waals surface area contributed by atoms with Gasteiger partial charge in [0.25, 0.3) is 11.5 Å². The first-order valence-corrected chi connectivity index (χ1v) is 9.83. The van der Waals surface area contributed by atoms with Crippen molar-refractivity contribution in [3.05, 3.63) is 67.7 Å². The molecule has 0 aliphatic carbocycles. The van der Waals surface area contributed by atoms with Gasteiger partial charge in [-0.05, 0) is 42.5 Å². The maximum Gasteiger partial charge on any atom is 0.330 e. The van der Waals surface area contributed by atoms with Crippen LogP contribution in [0.1, 0.15) is 55.2 Å². The van der Waals surface area contributed by atoms with E-state index in [2.05, 4.69) is 15.3 Å². The molecule has 158 valence electrons. The van der Waals surface area contributed by atoms with Crippen LogP contribution in [0.5, 0.6) is 0 Å². The number of aryl methyl sites for hydroxylation is 1. The van der Waals surface area contributed by atoms with Crippen molar-refractivity contribution in [1.82, 2.24) is 14.5 Å². The Labute approximate surface area is 173 Å². The predicted molar refractivity (Wildman–Crippen MR) is 115 cm³/mol. The van der Waals surface area contributed by atoms with Crippen molar-refractivity contribution in [2.45, 2.75) is 47.1 Å². The number of pyridine rings is 1. The van der Waals surface area contributed by atoms with E-state index in [1.165, 1.54) is 22.8 Å². The van der Waals surface area contributed by atoms with Crippen molar-refractivity contribution >= 4 is 22.6 Å². The minimum atomic E-state index is -0.702. The molecule has 0 aliphatic rings. The van der Waals surface area contributed by atoms with Crippen molar-refractivity contribution in [3.63, 3.8) is 0 Å². The average Bonchev–Trinajstić information content (AvgIpc) is 2.65. The van der Waals surface area contributed by atoms with Crippen molar-refractivity contribution in [2.75, 3.05) is 5.32 Å². The number of H-pyrrole nitrogens is 1. The van der Waals surface area contributed by atoms with Crippen LogP contribution in [0.3, 0.4) is 0 Å². The number of hydrogen-bond donors (Lipinski definition) is 2. The molecule has 0 bridgehead atoms. The molecule has 0 atom stereocenters. The maximum absolute atomic E-state index is 14.2. The van der Waals surface area contributed by atoms with Crippen LogP contribution in [0.25, 0.3) is 11.0 Å². The lowest BCUT2D eigenvalue weighted by molar-refractivity contribution is 0.102. The van der Waals surface area contributed by atoms with Gasteiger partial charge in [0.15, 0.2) is 5.65 Å². The number of anilines is 1. The summed E-state index contributed by atoms with van der Waals surface area (Å²) >= 11 is 0. The van der Waals surface area contributed by atoms with Gasteiger partial charge < -0.3 is 5.32 Å². The summed E-state index contributed by atoms with van der Waals surface area (Å²) in [7, 11) is 0. The van der Waals surface area contributed by atoms with Crippen molar-refractivity contribution < 1.29 is 9.18 Å². The quantitative estimate of drug-likeness (QED) is 0.670. The molecule has 0 unspecified atom stereocenters. The van der Waals surface area contributed by atoms with Gasteiger partial charge in [0.2, 0.25) is 0 Å². The molecule has 2 N–H and O–H groups in total. The number of rotatable bonds is 5. The summed E-state index contributed by atoms with van der Waals surface area (Å²) in [5.41, 5.74) is 0.197. The number of carbonyl (C=O) groups excluding carboxylic acids is 1. The van der Waals surface area contributed by atoms with Gasteiger partial charge in [-0.15, -0.1) is 0 Å². The van der Waals surface area contributed by atoms with Crippen LogP contribution in [-0.4, -0.2) is 20.4 Å². The molecule has 1 aromatic carbocycles. The van der Waals surface area contributed by atoms with Crippen LogP contribution in [0.4, 0.5) is 10.1 Å². The molecule has 0 fully saturated rings. The Hall–Kier alpha value is -3.29. The van der Waals surface area contributed by atoms with Crippen LogP contribution in [0, 0.1) is 18.7 Å². The molecule has 0 aliphatic heterocycles. The zero-order valence-electron chi connectivity index (χ0n) is 17.7. The predicted octanol–water partition coefficient (Wildman–Crippen LogP) is 3.56. The largest absolute Gasteiger partial charge is 0.330 e. The summed E-state index contributed by atoms with van der Waals surface area (Å²) in [6.45, 7) is 9.73.